The van der Waals surface area contributed by atoms with Crippen molar-refractivity contribution in [1.82, 2.24) is 10.2 Å². The van der Waals surface area contributed by atoms with E-state index in [0.717, 1.165) is 42.7 Å². The third kappa shape index (κ3) is 3.28. The Kier molecular flexibility index (Phi) is 4.82. The Morgan fingerprint density at radius 2 is 2.21 bits per heavy atom. The Balaban J connectivity index is 0.00000133. The molecule has 1 N–H and O–H groups in total. The Morgan fingerprint density at radius 1 is 1.37 bits per heavy atom. The van der Waals surface area contributed by atoms with Gasteiger partial charge in [0.2, 0.25) is 0 Å². The van der Waals surface area contributed by atoms with Gasteiger partial charge in [-0.05, 0) is 56.0 Å². The number of halogens is 2. The summed E-state index contributed by atoms with van der Waals surface area (Å²) in [5.41, 5.74) is 1.83. The quantitative estimate of drug-likeness (QED) is 0.898. The van der Waals surface area contributed by atoms with E-state index in [0.29, 0.717) is 0 Å². The summed E-state index contributed by atoms with van der Waals surface area (Å²) >= 11 is 0. The van der Waals surface area contributed by atoms with E-state index in [1.54, 1.807) is 6.07 Å². The number of nitrogens with zero attached hydrogens (tertiary/aromatic N) is 1. The molecule has 3 rings (SSSR count). The van der Waals surface area contributed by atoms with E-state index in [9.17, 15) is 4.39 Å². The Bertz CT molecular complexity index is 438. The molecule has 2 atom stereocenters. The fourth-order valence-electron chi connectivity index (χ4n) is 3.26. The number of nitrogens with one attached hydrogen (secondary N) is 1. The lowest BCUT2D eigenvalue weighted by atomic mass is 9.93. The van der Waals surface area contributed by atoms with E-state index < -0.39 is 0 Å². The highest BCUT2D eigenvalue weighted by Crippen LogP contribution is 2.25. The zero-order valence-electron chi connectivity index (χ0n) is 11.4. The van der Waals surface area contributed by atoms with E-state index in [2.05, 4.69) is 16.3 Å². The van der Waals surface area contributed by atoms with Crippen molar-refractivity contribution >= 4 is 12.4 Å². The van der Waals surface area contributed by atoms with Crippen LogP contribution in [0.15, 0.2) is 18.2 Å². The summed E-state index contributed by atoms with van der Waals surface area (Å²) < 4.78 is 13.5. The monoisotopic (exact) mass is 284 g/mol. The summed E-state index contributed by atoms with van der Waals surface area (Å²) in [6.07, 6.45) is 2.53. The number of piperidine rings is 1. The third-order valence-electron chi connectivity index (χ3n) is 4.38. The van der Waals surface area contributed by atoms with Crippen molar-refractivity contribution in [3.63, 3.8) is 0 Å². The van der Waals surface area contributed by atoms with Gasteiger partial charge >= 0.3 is 0 Å². The van der Waals surface area contributed by atoms with Crippen LogP contribution in [0, 0.1) is 18.7 Å². The second kappa shape index (κ2) is 6.21. The maximum absolute atomic E-state index is 13.5. The number of rotatable bonds is 2. The average Bonchev–Trinajstić information content (AvgIpc) is 2.81. The molecule has 1 aromatic carbocycles. The fraction of sp³-hybridized carbons (Fsp3) is 0.600. The topological polar surface area (TPSA) is 15.3 Å². The first-order valence-electron chi connectivity index (χ1n) is 6.93. The van der Waals surface area contributed by atoms with Crippen molar-refractivity contribution in [2.75, 3.05) is 19.6 Å². The van der Waals surface area contributed by atoms with Gasteiger partial charge in [0.25, 0.3) is 0 Å². The minimum absolute atomic E-state index is 0. The van der Waals surface area contributed by atoms with Crippen LogP contribution in [0.3, 0.4) is 0 Å². The van der Waals surface area contributed by atoms with Gasteiger partial charge in [0.15, 0.2) is 0 Å². The van der Waals surface area contributed by atoms with Gasteiger partial charge in [-0.2, -0.15) is 0 Å². The zero-order chi connectivity index (χ0) is 12.5. The van der Waals surface area contributed by atoms with Crippen LogP contribution in [-0.4, -0.2) is 30.6 Å². The largest absolute Gasteiger partial charge is 0.314 e. The zero-order valence-corrected chi connectivity index (χ0v) is 12.2. The lowest BCUT2D eigenvalue weighted by Gasteiger charge is -2.34. The molecule has 0 spiro atoms. The number of likely N-dealkylation sites (tertiary alicyclic amines) is 1. The normalized spacial score (nSPS) is 26.8. The highest BCUT2D eigenvalue weighted by atomic mass is 35.5. The molecule has 2 heterocycles. The molecule has 2 saturated heterocycles. The Morgan fingerprint density at radius 3 is 3.00 bits per heavy atom. The van der Waals surface area contributed by atoms with E-state index >= 15 is 0 Å². The molecule has 4 heteroatoms. The summed E-state index contributed by atoms with van der Waals surface area (Å²) in [6.45, 7) is 6.16. The van der Waals surface area contributed by atoms with Crippen LogP contribution in [0.1, 0.15) is 24.0 Å². The van der Waals surface area contributed by atoms with E-state index in [1.165, 1.54) is 19.4 Å². The van der Waals surface area contributed by atoms with Gasteiger partial charge in [-0.25, -0.2) is 4.39 Å². The van der Waals surface area contributed by atoms with Gasteiger partial charge in [-0.15, -0.1) is 12.4 Å². The molecule has 0 amide bonds. The lowest BCUT2D eigenvalue weighted by Crippen LogP contribution is -2.43. The number of hydrogen-bond donors (Lipinski definition) is 1. The second-order valence-corrected chi connectivity index (χ2v) is 5.72. The van der Waals surface area contributed by atoms with Gasteiger partial charge in [0.1, 0.15) is 5.82 Å². The molecule has 2 aliphatic rings. The molecule has 2 aliphatic heterocycles. The number of benzene rings is 1. The minimum atomic E-state index is -0.0788. The highest BCUT2D eigenvalue weighted by Gasteiger charge is 2.32. The van der Waals surface area contributed by atoms with Crippen LogP contribution >= 0.6 is 12.4 Å². The van der Waals surface area contributed by atoms with Crippen LogP contribution in [0.25, 0.3) is 0 Å². The first kappa shape index (κ1) is 14.8. The van der Waals surface area contributed by atoms with Gasteiger partial charge in [-0.1, -0.05) is 12.1 Å². The molecule has 0 bridgehead atoms. The first-order chi connectivity index (χ1) is 8.72. The number of hydrogen-bond acceptors (Lipinski definition) is 2. The minimum Gasteiger partial charge on any atom is -0.314 e. The van der Waals surface area contributed by atoms with Crippen molar-refractivity contribution in [3.05, 3.63) is 35.1 Å². The van der Waals surface area contributed by atoms with Crippen molar-refractivity contribution in [2.45, 2.75) is 32.4 Å². The number of fused-ring (bicyclic) bond motifs is 1. The molecule has 0 saturated carbocycles. The lowest BCUT2D eigenvalue weighted by molar-refractivity contribution is 0.156. The molecule has 0 aromatic heterocycles. The Labute approximate surface area is 120 Å². The van der Waals surface area contributed by atoms with Gasteiger partial charge < -0.3 is 5.32 Å². The van der Waals surface area contributed by atoms with Crippen molar-refractivity contribution in [1.29, 1.82) is 0 Å². The number of aryl methyl sites for hydroxylation is 1. The maximum Gasteiger partial charge on any atom is 0.126 e. The molecule has 106 valence electrons. The van der Waals surface area contributed by atoms with Crippen LogP contribution in [-0.2, 0) is 6.54 Å². The molecule has 2 fully saturated rings. The fourth-order valence-corrected chi connectivity index (χ4v) is 3.26. The molecule has 19 heavy (non-hydrogen) atoms. The predicted octanol–water partition coefficient (Wildman–Crippen LogP) is 2.74. The van der Waals surface area contributed by atoms with Crippen molar-refractivity contribution in [3.8, 4) is 0 Å². The molecule has 1 aromatic rings. The average molecular weight is 285 g/mol. The molecule has 0 aliphatic carbocycles. The summed E-state index contributed by atoms with van der Waals surface area (Å²) in [5, 5.41) is 3.57. The van der Waals surface area contributed by atoms with Crippen LogP contribution in [0.4, 0.5) is 4.39 Å². The predicted molar refractivity (Wildman–Crippen MR) is 78.2 cm³/mol. The molecular weight excluding hydrogens is 263 g/mol. The van der Waals surface area contributed by atoms with Crippen molar-refractivity contribution < 1.29 is 4.39 Å². The van der Waals surface area contributed by atoms with E-state index in [-0.39, 0.29) is 18.2 Å². The summed E-state index contributed by atoms with van der Waals surface area (Å²) in [5.74, 6) is 0.721. The van der Waals surface area contributed by atoms with Gasteiger partial charge in [0, 0.05) is 19.1 Å². The smallest absolute Gasteiger partial charge is 0.126 e. The third-order valence-corrected chi connectivity index (χ3v) is 4.38. The molecule has 0 radical (unpaired) electrons. The van der Waals surface area contributed by atoms with E-state index in [4.69, 9.17) is 0 Å². The standard InChI is InChI=1S/C15H21FN2.ClH/c1-11-2-3-12(8-14(11)16)9-18-7-5-15-13(10-18)4-6-17-15;/h2-3,8,13,15,17H,4-7,9-10H2,1H3;1H. The summed E-state index contributed by atoms with van der Waals surface area (Å²) in [7, 11) is 0. The van der Waals surface area contributed by atoms with Crippen LogP contribution < -0.4 is 5.32 Å². The Hall–Kier alpha value is -0.640. The molecular formula is C15H22ClFN2. The van der Waals surface area contributed by atoms with Crippen LogP contribution in [0.2, 0.25) is 0 Å². The van der Waals surface area contributed by atoms with E-state index in [1.807, 2.05) is 13.0 Å². The maximum atomic E-state index is 13.5. The summed E-state index contributed by atoms with van der Waals surface area (Å²) in [6, 6.07) is 6.36. The second-order valence-electron chi connectivity index (χ2n) is 5.72. The van der Waals surface area contributed by atoms with Gasteiger partial charge in [0.05, 0.1) is 0 Å². The van der Waals surface area contributed by atoms with Gasteiger partial charge in [-0.3, -0.25) is 4.90 Å². The highest BCUT2D eigenvalue weighted by molar-refractivity contribution is 5.85. The SMILES string of the molecule is Cc1ccc(CN2CCC3NCCC3C2)cc1F.Cl. The first-order valence-corrected chi connectivity index (χ1v) is 6.93. The molecule has 2 nitrogen and oxygen atoms in total. The van der Waals surface area contributed by atoms with Crippen molar-refractivity contribution in [2.24, 2.45) is 5.92 Å². The summed E-state index contributed by atoms with van der Waals surface area (Å²) in [4.78, 5) is 2.47. The van der Waals surface area contributed by atoms with Crippen LogP contribution in [0.5, 0.6) is 0 Å². The molecule has 2 unspecified atom stereocenters.